The summed E-state index contributed by atoms with van der Waals surface area (Å²) in [4.78, 5) is 129. The molecule has 8 amide bonds. The van der Waals surface area contributed by atoms with Gasteiger partial charge in [0.15, 0.2) is 0 Å². The maximum absolute atomic E-state index is 14.9. The molecule has 3 fully saturated rings. The Hall–Kier alpha value is -5.79. The summed E-state index contributed by atoms with van der Waals surface area (Å²) in [7, 11) is 0. The molecule has 450 valence electrons. The fourth-order valence-electron chi connectivity index (χ4n) is 10.8. The lowest BCUT2D eigenvalue weighted by molar-refractivity contribution is -0.145. The minimum atomic E-state index is -1.26. The van der Waals surface area contributed by atoms with Gasteiger partial charge in [0.2, 0.25) is 47.3 Å². The van der Waals surface area contributed by atoms with E-state index in [0.717, 1.165) is 32.1 Å². The number of aliphatic hydroxyl groups excluding tert-OH is 1. The summed E-state index contributed by atoms with van der Waals surface area (Å²) in [6.07, 6.45) is 7.10. The molecule has 1 aromatic carbocycles. The number of phenolic OH excluding ortho intramolecular Hbond substituents is 1. The van der Waals surface area contributed by atoms with Crippen molar-refractivity contribution in [1.29, 1.82) is 0 Å². The first-order valence-corrected chi connectivity index (χ1v) is 29.1. The summed E-state index contributed by atoms with van der Waals surface area (Å²) in [5.74, 6) is -4.87. The average Bonchev–Trinajstić information content (AvgIpc) is 4.14. The first kappa shape index (κ1) is 66.7. The van der Waals surface area contributed by atoms with Crippen LogP contribution in [0, 0.1) is 17.8 Å². The SMILES string of the molecule is CC(C)C[C@H](NC(=O)[C@@H](N)CCCCN)C(=O)N[C@@H](Cc1ccc(O)cc1)C(=O)N[C@@H](CC1CCCCC1)C(=O)N[C@@H](CC(C)C)C(=O)N1CCC[C@H]1C(=O)N[C@@H](CCCNC(N)N)C(=O)N1CCC[C@H]1C(=O)N[C@H](C=O)[C@@H](C)O. The first-order valence-electron chi connectivity index (χ1n) is 29.1. The predicted octanol–water partition coefficient (Wildman–Crippen LogP) is -0.505. The van der Waals surface area contributed by atoms with Gasteiger partial charge >= 0.3 is 0 Å². The molecular formula is C56H95N13O11. The van der Waals surface area contributed by atoms with Gasteiger partial charge in [0, 0.05) is 19.5 Å². The van der Waals surface area contributed by atoms with E-state index in [1.54, 1.807) is 12.1 Å². The number of phenols is 1. The molecule has 80 heavy (non-hydrogen) atoms. The van der Waals surface area contributed by atoms with Crippen LogP contribution in [-0.4, -0.2) is 167 Å². The van der Waals surface area contributed by atoms with E-state index in [-0.39, 0.29) is 81.5 Å². The smallest absolute Gasteiger partial charge is 0.245 e. The van der Waals surface area contributed by atoms with Crippen molar-refractivity contribution >= 4 is 53.5 Å². The van der Waals surface area contributed by atoms with Crippen LogP contribution in [0.2, 0.25) is 0 Å². The second kappa shape index (κ2) is 33.8. The zero-order chi connectivity index (χ0) is 59.1. The lowest BCUT2D eigenvalue weighted by atomic mass is 9.84. The second-order valence-electron chi connectivity index (χ2n) is 23.0. The molecule has 0 spiro atoms. The van der Waals surface area contributed by atoms with Gasteiger partial charge in [-0.15, -0.1) is 0 Å². The van der Waals surface area contributed by atoms with Crippen LogP contribution in [0.4, 0.5) is 0 Å². The van der Waals surface area contributed by atoms with Gasteiger partial charge in [-0.2, -0.15) is 0 Å². The second-order valence-corrected chi connectivity index (χ2v) is 23.0. The third-order valence-electron chi connectivity index (χ3n) is 15.2. The van der Waals surface area contributed by atoms with Crippen molar-refractivity contribution in [3.8, 4) is 5.75 Å². The van der Waals surface area contributed by atoms with Crippen LogP contribution in [0.25, 0.3) is 0 Å². The summed E-state index contributed by atoms with van der Waals surface area (Å²) < 4.78 is 0. The molecule has 24 heteroatoms. The number of rotatable bonds is 33. The highest BCUT2D eigenvalue weighted by Crippen LogP contribution is 2.29. The molecule has 2 saturated heterocycles. The van der Waals surface area contributed by atoms with Crippen molar-refractivity contribution in [2.24, 2.45) is 40.7 Å². The number of carbonyl (C=O) groups excluding carboxylic acids is 9. The number of carbonyl (C=O) groups is 9. The highest BCUT2D eigenvalue weighted by Gasteiger charge is 2.43. The molecule has 1 aromatic rings. The minimum absolute atomic E-state index is 0.00559. The number of unbranched alkanes of at least 4 members (excludes halogenated alkanes) is 1. The molecule has 0 aromatic heterocycles. The molecule has 0 unspecified atom stereocenters. The summed E-state index contributed by atoms with van der Waals surface area (Å²) in [5.41, 5.74) is 23.8. The topological polar surface area (TPSA) is 389 Å². The number of likely N-dealkylation sites (tertiary alicyclic amines) is 2. The van der Waals surface area contributed by atoms with Crippen molar-refractivity contribution in [3.05, 3.63) is 29.8 Å². The van der Waals surface area contributed by atoms with E-state index >= 15 is 0 Å². The molecule has 4 rings (SSSR count). The van der Waals surface area contributed by atoms with E-state index in [1.165, 1.54) is 28.9 Å². The maximum atomic E-state index is 14.9. The van der Waals surface area contributed by atoms with Crippen molar-refractivity contribution < 1.29 is 53.4 Å². The third kappa shape index (κ3) is 21.6. The van der Waals surface area contributed by atoms with Crippen molar-refractivity contribution in [2.75, 3.05) is 26.2 Å². The van der Waals surface area contributed by atoms with E-state index in [2.05, 4.69) is 37.2 Å². The number of aliphatic hydroxyl groups is 1. The van der Waals surface area contributed by atoms with Crippen LogP contribution in [0.1, 0.15) is 149 Å². The number of nitrogens with two attached hydrogens (primary N) is 4. The Balaban J connectivity index is 1.60. The minimum Gasteiger partial charge on any atom is -0.508 e. The van der Waals surface area contributed by atoms with E-state index in [0.29, 0.717) is 63.5 Å². The van der Waals surface area contributed by atoms with E-state index in [4.69, 9.17) is 22.9 Å². The van der Waals surface area contributed by atoms with Gasteiger partial charge in [0.25, 0.3) is 0 Å². The zero-order valence-corrected chi connectivity index (χ0v) is 47.8. The molecule has 2 aliphatic heterocycles. The molecule has 3 aliphatic rings. The predicted molar refractivity (Wildman–Crippen MR) is 301 cm³/mol. The Labute approximate surface area is 471 Å². The number of aromatic hydroxyl groups is 1. The van der Waals surface area contributed by atoms with Gasteiger partial charge in [0.1, 0.15) is 66.7 Å². The van der Waals surface area contributed by atoms with Crippen LogP contribution in [0.15, 0.2) is 24.3 Å². The number of nitrogens with zero attached hydrogens (tertiary/aromatic N) is 2. The van der Waals surface area contributed by atoms with Gasteiger partial charge in [-0.1, -0.05) is 78.4 Å². The number of amides is 8. The Kier molecular flexibility index (Phi) is 28.2. The summed E-state index contributed by atoms with van der Waals surface area (Å²) in [6.45, 7) is 10.0. The van der Waals surface area contributed by atoms with Gasteiger partial charge in [0.05, 0.1) is 12.1 Å². The Bertz CT molecular complexity index is 2180. The van der Waals surface area contributed by atoms with Crippen LogP contribution < -0.4 is 60.2 Å². The molecule has 24 nitrogen and oxygen atoms in total. The summed E-state index contributed by atoms with van der Waals surface area (Å²) in [6, 6.07) is -3.70. The molecule has 1 saturated carbocycles. The van der Waals surface area contributed by atoms with Gasteiger partial charge < -0.3 is 79.6 Å². The molecule has 0 bridgehead atoms. The molecule has 17 N–H and O–H groups in total. The fourth-order valence-corrected chi connectivity index (χ4v) is 10.8. The quantitative estimate of drug-likeness (QED) is 0.0240. The van der Waals surface area contributed by atoms with Crippen LogP contribution >= 0.6 is 0 Å². The Morgan fingerprint density at radius 2 is 1.14 bits per heavy atom. The van der Waals surface area contributed by atoms with Crippen molar-refractivity contribution in [3.63, 3.8) is 0 Å². The van der Waals surface area contributed by atoms with Gasteiger partial charge in [-0.3, -0.25) is 43.7 Å². The van der Waals surface area contributed by atoms with E-state index < -0.39 is 114 Å². The van der Waals surface area contributed by atoms with E-state index in [9.17, 15) is 53.4 Å². The number of benzene rings is 1. The first-order chi connectivity index (χ1) is 38.0. The van der Waals surface area contributed by atoms with Crippen LogP contribution in [0.5, 0.6) is 5.75 Å². The number of hydrogen-bond acceptors (Lipinski definition) is 16. The molecule has 2 heterocycles. The zero-order valence-electron chi connectivity index (χ0n) is 47.8. The number of hydrogen-bond donors (Lipinski definition) is 13. The van der Waals surface area contributed by atoms with Crippen LogP contribution in [0.3, 0.4) is 0 Å². The molecule has 10 atom stereocenters. The monoisotopic (exact) mass is 1130 g/mol. The average molecular weight is 1130 g/mol. The summed E-state index contributed by atoms with van der Waals surface area (Å²) in [5, 5.41) is 39.9. The number of nitrogens with one attached hydrogen (secondary N) is 7. The summed E-state index contributed by atoms with van der Waals surface area (Å²) >= 11 is 0. The van der Waals surface area contributed by atoms with Crippen molar-refractivity contribution in [2.45, 2.75) is 217 Å². The highest BCUT2D eigenvalue weighted by atomic mass is 16.3. The number of aldehydes is 1. The molecular weight excluding hydrogens is 1030 g/mol. The highest BCUT2D eigenvalue weighted by molar-refractivity contribution is 5.98. The van der Waals surface area contributed by atoms with Gasteiger partial charge in [-0.05, 0) is 126 Å². The maximum Gasteiger partial charge on any atom is 0.245 e. The fraction of sp³-hybridized carbons (Fsp3) is 0.732. The standard InChI is InChI=1S/C56H95N13O11/c1-33(2)28-41(63-48(73)39(58)16-9-10-24-57)49(74)64-43(31-37-20-22-38(72)23-21-37)50(75)65-42(30-36-14-7-6-8-15-36)51(76)66-44(29-34(3)4)55(80)69-27-13-18-46(69)52(77)62-40(17-11-25-61-56(59)60)54(79)68-26-12-19-47(68)53(78)67-45(32-70)35(5)71/h20-23,32-36,39-47,56,61,71-72H,6-19,24-31,57-60H2,1-5H3,(H,62,77)(H,63,73)(H,64,74)(H,65,75)(H,66,76)(H,67,78)/t35-,39+,40+,41+,42+,43+,44+,45-,46+,47+/m1/s1. The molecule has 0 radical (unpaired) electrons. The van der Waals surface area contributed by atoms with Crippen LogP contribution in [-0.2, 0) is 49.6 Å². The Morgan fingerprint density at radius 1 is 0.613 bits per heavy atom. The lowest BCUT2D eigenvalue weighted by Gasteiger charge is -2.33. The lowest BCUT2D eigenvalue weighted by Crippen LogP contribution is -2.60. The van der Waals surface area contributed by atoms with E-state index in [1.807, 2.05) is 27.7 Å². The largest absolute Gasteiger partial charge is 0.508 e. The Morgan fingerprint density at radius 3 is 1.70 bits per heavy atom. The van der Waals surface area contributed by atoms with Gasteiger partial charge in [-0.25, -0.2) is 0 Å². The molecule has 1 aliphatic carbocycles. The van der Waals surface area contributed by atoms with Crippen molar-refractivity contribution in [1.82, 2.24) is 47.0 Å². The third-order valence-corrected chi connectivity index (χ3v) is 15.2. The normalized spacial score (nSPS) is 19.8.